The molecule has 0 aliphatic rings. The van der Waals surface area contributed by atoms with E-state index in [1.165, 1.54) is 11.9 Å². The van der Waals surface area contributed by atoms with Crippen molar-refractivity contribution < 1.29 is 9.21 Å². The highest BCUT2D eigenvalue weighted by atomic mass is 35.5. The molecule has 1 heterocycles. The van der Waals surface area contributed by atoms with Crippen molar-refractivity contribution in [2.75, 3.05) is 0 Å². The van der Waals surface area contributed by atoms with Gasteiger partial charge in [0.2, 0.25) is 0 Å². The van der Waals surface area contributed by atoms with Gasteiger partial charge in [-0.15, -0.1) is 0 Å². The lowest BCUT2D eigenvalue weighted by atomic mass is 10.2. The lowest BCUT2D eigenvalue weighted by Crippen LogP contribution is -2.32. The normalized spacial score (nSPS) is 10.9. The fourth-order valence-corrected chi connectivity index (χ4v) is 3.09. The molecular formula is C16H12Cl2N2O2S. The van der Waals surface area contributed by atoms with Crippen LogP contribution in [-0.2, 0) is 0 Å². The summed E-state index contributed by atoms with van der Waals surface area (Å²) in [6.45, 7) is 1.91. The topological polar surface area (TPSA) is 54.3 Å². The molecular weight excluding hydrogens is 355 g/mol. The highest BCUT2D eigenvalue weighted by molar-refractivity contribution is 7.97. The van der Waals surface area contributed by atoms with Gasteiger partial charge in [0.25, 0.3) is 0 Å². The summed E-state index contributed by atoms with van der Waals surface area (Å²) in [5.41, 5.74) is 4.13. The molecule has 3 aromatic rings. The molecule has 0 unspecified atom stereocenters. The van der Waals surface area contributed by atoms with Gasteiger partial charge >= 0.3 is 5.91 Å². The molecule has 0 radical (unpaired) electrons. The minimum absolute atomic E-state index is 0.207. The second-order valence-corrected chi connectivity index (χ2v) is 6.51. The summed E-state index contributed by atoms with van der Waals surface area (Å²) >= 11 is 13.2. The van der Waals surface area contributed by atoms with Gasteiger partial charge in [0.15, 0.2) is 5.76 Å². The third kappa shape index (κ3) is 3.64. The predicted molar refractivity (Wildman–Crippen MR) is 93.9 cm³/mol. The van der Waals surface area contributed by atoms with Gasteiger partial charge in [0, 0.05) is 20.3 Å². The number of carbonyl (C=O) groups is 1. The van der Waals surface area contributed by atoms with Crippen LogP contribution >= 0.6 is 35.1 Å². The quantitative estimate of drug-likeness (QED) is 0.504. The van der Waals surface area contributed by atoms with Gasteiger partial charge in [-0.3, -0.25) is 10.2 Å². The van der Waals surface area contributed by atoms with Crippen LogP contribution in [0, 0.1) is 6.92 Å². The molecule has 0 fully saturated rings. The summed E-state index contributed by atoms with van der Waals surface area (Å²) in [5, 5.41) is 2.05. The lowest BCUT2D eigenvalue weighted by molar-refractivity contribution is 0.0921. The predicted octanol–water partition coefficient (Wildman–Crippen LogP) is 4.99. The number of halogens is 2. The van der Waals surface area contributed by atoms with Crippen LogP contribution in [0.5, 0.6) is 0 Å². The Bertz CT molecular complexity index is 880. The van der Waals surface area contributed by atoms with Crippen LogP contribution in [0.4, 0.5) is 0 Å². The molecule has 0 aliphatic heterocycles. The van der Waals surface area contributed by atoms with Crippen molar-refractivity contribution in [3.05, 3.63) is 63.8 Å². The standard InChI is InChI=1S/C16H12Cl2N2O2S/c1-9-12(18)3-2-4-15(9)23-20-19-16(21)14-8-10-7-11(17)5-6-13(10)22-14/h2-8,20H,1H3,(H,19,21). The summed E-state index contributed by atoms with van der Waals surface area (Å²) in [7, 11) is 0. The second kappa shape index (κ2) is 6.84. The molecule has 7 heteroatoms. The number of fused-ring (bicyclic) bond motifs is 1. The molecule has 4 nitrogen and oxygen atoms in total. The van der Waals surface area contributed by atoms with E-state index in [0.717, 1.165) is 15.8 Å². The first-order chi connectivity index (χ1) is 11.0. The van der Waals surface area contributed by atoms with Gasteiger partial charge in [0.1, 0.15) is 5.58 Å². The maximum absolute atomic E-state index is 12.1. The fourth-order valence-electron chi connectivity index (χ4n) is 2.01. The van der Waals surface area contributed by atoms with E-state index in [-0.39, 0.29) is 11.7 Å². The van der Waals surface area contributed by atoms with E-state index in [2.05, 4.69) is 10.3 Å². The number of amides is 1. The minimum Gasteiger partial charge on any atom is -0.451 e. The first-order valence-corrected chi connectivity index (χ1v) is 8.28. The molecule has 0 spiro atoms. The monoisotopic (exact) mass is 366 g/mol. The molecule has 23 heavy (non-hydrogen) atoms. The number of furan rings is 1. The zero-order valence-corrected chi connectivity index (χ0v) is 14.4. The van der Waals surface area contributed by atoms with Crippen LogP contribution in [-0.4, -0.2) is 5.91 Å². The van der Waals surface area contributed by atoms with Crippen molar-refractivity contribution in [3.63, 3.8) is 0 Å². The third-order valence-electron chi connectivity index (χ3n) is 3.25. The van der Waals surface area contributed by atoms with E-state index >= 15 is 0 Å². The Kier molecular flexibility index (Phi) is 4.82. The largest absolute Gasteiger partial charge is 0.451 e. The van der Waals surface area contributed by atoms with Crippen LogP contribution in [0.15, 0.2) is 51.8 Å². The van der Waals surface area contributed by atoms with Gasteiger partial charge in [-0.05, 0) is 60.8 Å². The molecule has 0 saturated heterocycles. The van der Waals surface area contributed by atoms with Gasteiger partial charge in [-0.25, -0.2) is 0 Å². The zero-order valence-electron chi connectivity index (χ0n) is 12.0. The molecule has 0 aliphatic carbocycles. The second-order valence-electron chi connectivity index (χ2n) is 4.81. The van der Waals surface area contributed by atoms with E-state index in [4.69, 9.17) is 27.6 Å². The average molecular weight is 367 g/mol. The number of benzene rings is 2. The first-order valence-electron chi connectivity index (χ1n) is 6.71. The Morgan fingerprint density at radius 1 is 1.17 bits per heavy atom. The number of hydrazine groups is 1. The maximum atomic E-state index is 12.1. The highest BCUT2D eigenvalue weighted by Gasteiger charge is 2.12. The smallest absolute Gasteiger partial charge is 0.301 e. The Morgan fingerprint density at radius 2 is 2.00 bits per heavy atom. The van der Waals surface area contributed by atoms with Crippen molar-refractivity contribution in [3.8, 4) is 0 Å². The van der Waals surface area contributed by atoms with Crippen LogP contribution in [0.1, 0.15) is 16.1 Å². The Morgan fingerprint density at radius 3 is 2.83 bits per heavy atom. The molecule has 2 N–H and O–H groups in total. The van der Waals surface area contributed by atoms with Gasteiger partial charge in [0.05, 0.1) is 0 Å². The summed E-state index contributed by atoms with van der Waals surface area (Å²) in [6, 6.07) is 12.4. The summed E-state index contributed by atoms with van der Waals surface area (Å²) in [4.78, 5) is 15.8. The van der Waals surface area contributed by atoms with E-state index in [1.54, 1.807) is 24.3 Å². The van der Waals surface area contributed by atoms with Crippen LogP contribution in [0.2, 0.25) is 10.0 Å². The Balaban J connectivity index is 1.65. The molecule has 118 valence electrons. The minimum atomic E-state index is -0.371. The molecule has 1 aromatic heterocycles. The molecule has 0 saturated carbocycles. The highest BCUT2D eigenvalue weighted by Crippen LogP contribution is 2.26. The summed E-state index contributed by atoms with van der Waals surface area (Å²) < 4.78 is 5.49. The number of nitrogens with one attached hydrogen (secondary N) is 2. The van der Waals surface area contributed by atoms with Gasteiger partial charge in [-0.1, -0.05) is 29.3 Å². The molecule has 3 rings (SSSR count). The van der Waals surface area contributed by atoms with Crippen molar-refractivity contribution >= 4 is 52.0 Å². The van der Waals surface area contributed by atoms with Crippen molar-refractivity contribution in [1.82, 2.24) is 10.3 Å². The average Bonchev–Trinajstić information content (AvgIpc) is 2.94. The number of carbonyl (C=O) groups excluding carboxylic acids is 1. The molecule has 1 amide bonds. The van der Waals surface area contributed by atoms with Crippen molar-refractivity contribution in [1.29, 1.82) is 0 Å². The van der Waals surface area contributed by atoms with Crippen molar-refractivity contribution in [2.45, 2.75) is 11.8 Å². The SMILES string of the molecule is Cc1c(Cl)cccc1SNNC(=O)c1cc2cc(Cl)ccc2o1. The fraction of sp³-hybridized carbons (Fsp3) is 0.0625. The van der Waals surface area contributed by atoms with Crippen LogP contribution in [0.25, 0.3) is 11.0 Å². The summed E-state index contributed by atoms with van der Waals surface area (Å²) in [5.74, 6) is -0.164. The van der Waals surface area contributed by atoms with E-state index in [9.17, 15) is 4.79 Å². The molecule has 2 aromatic carbocycles. The number of hydrogen-bond donors (Lipinski definition) is 2. The van der Waals surface area contributed by atoms with E-state index in [1.807, 2.05) is 25.1 Å². The lowest BCUT2D eigenvalue weighted by Gasteiger charge is -2.08. The Hall–Kier alpha value is -1.66. The molecule has 0 bridgehead atoms. The number of hydrogen-bond acceptors (Lipinski definition) is 4. The third-order valence-corrected chi connectivity index (χ3v) is 4.76. The van der Waals surface area contributed by atoms with Gasteiger partial charge in [-0.2, -0.15) is 4.83 Å². The van der Waals surface area contributed by atoms with E-state index in [0.29, 0.717) is 15.6 Å². The van der Waals surface area contributed by atoms with Crippen molar-refractivity contribution in [2.24, 2.45) is 0 Å². The van der Waals surface area contributed by atoms with Crippen LogP contribution < -0.4 is 10.3 Å². The first kappa shape index (κ1) is 16.2. The zero-order chi connectivity index (χ0) is 16.4. The van der Waals surface area contributed by atoms with E-state index < -0.39 is 0 Å². The maximum Gasteiger partial charge on any atom is 0.301 e. The Labute approximate surface area is 147 Å². The number of rotatable bonds is 4. The summed E-state index contributed by atoms with van der Waals surface area (Å²) in [6.07, 6.45) is 0. The van der Waals surface area contributed by atoms with Crippen LogP contribution in [0.3, 0.4) is 0 Å². The molecule has 0 atom stereocenters. The van der Waals surface area contributed by atoms with Gasteiger partial charge < -0.3 is 4.42 Å².